The quantitative estimate of drug-likeness (QED) is 0.680. The van der Waals surface area contributed by atoms with Crippen molar-refractivity contribution < 1.29 is 22.6 Å². The summed E-state index contributed by atoms with van der Waals surface area (Å²) in [6.07, 6.45) is -4.22. The molecular formula is C16H11ClF3NO2. The molecule has 0 spiro atoms. The monoisotopic (exact) mass is 341 g/mol. The van der Waals surface area contributed by atoms with E-state index in [1.807, 2.05) is 6.07 Å². The topological polar surface area (TPSA) is 42.2 Å². The van der Waals surface area contributed by atoms with E-state index >= 15 is 0 Å². The molecule has 0 aliphatic heterocycles. The standard InChI is InChI=1S/C16H11ClF3NO2/c17-14-9-11(16(18,19)20)5-6-15(14)23-13-4-1-3-12(10-13)22-8-2-7-21/h1,3-6,9-10H,2,8H2. The molecule has 0 heterocycles. The van der Waals surface area contributed by atoms with Gasteiger partial charge in [0.1, 0.15) is 23.9 Å². The van der Waals surface area contributed by atoms with Crippen LogP contribution in [0.25, 0.3) is 0 Å². The second kappa shape index (κ2) is 7.25. The SMILES string of the molecule is N#CCCOc1cccc(Oc2ccc(C(F)(F)F)cc2Cl)c1. The van der Waals surface area contributed by atoms with Crippen LogP contribution < -0.4 is 9.47 Å². The van der Waals surface area contributed by atoms with Crippen LogP contribution in [0.1, 0.15) is 12.0 Å². The lowest BCUT2D eigenvalue weighted by Gasteiger charge is -2.12. The van der Waals surface area contributed by atoms with Crippen LogP contribution in [-0.2, 0) is 6.18 Å². The number of rotatable bonds is 5. The Morgan fingerprint density at radius 2 is 1.83 bits per heavy atom. The average molecular weight is 342 g/mol. The van der Waals surface area contributed by atoms with Gasteiger partial charge in [0.2, 0.25) is 0 Å². The lowest BCUT2D eigenvalue weighted by molar-refractivity contribution is -0.137. The maximum Gasteiger partial charge on any atom is 0.416 e. The van der Waals surface area contributed by atoms with Crippen LogP contribution in [0, 0.1) is 11.3 Å². The summed E-state index contributed by atoms with van der Waals surface area (Å²) in [7, 11) is 0. The van der Waals surface area contributed by atoms with E-state index in [-0.39, 0.29) is 23.8 Å². The molecule has 0 aliphatic carbocycles. The van der Waals surface area contributed by atoms with E-state index in [2.05, 4.69) is 0 Å². The summed E-state index contributed by atoms with van der Waals surface area (Å²) >= 11 is 5.84. The van der Waals surface area contributed by atoms with Gasteiger partial charge in [0.05, 0.1) is 23.1 Å². The smallest absolute Gasteiger partial charge is 0.416 e. The molecule has 0 saturated heterocycles. The Morgan fingerprint density at radius 1 is 1.09 bits per heavy atom. The van der Waals surface area contributed by atoms with Gasteiger partial charge >= 0.3 is 6.18 Å². The van der Waals surface area contributed by atoms with Crippen LogP contribution in [0.3, 0.4) is 0 Å². The van der Waals surface area contributed by atoms with Crippen LogP contribution >= 0.6 is 11.6 Å². The minimum Gasteiger partial charge on any atom is -0.492 e. The van der Waals surface area contributed by atoms with E-state index in [0.717, 1.165) is 18.2 Å². The number of benzene rings is 2. The second-order valence-electron chi connectivity index (χ2n) is 4.48. The van der Waals surface area contributed by atoms with Gasteiger partial charge in [-0.2, -0.15) is 18.4 Å². The van der Waals surface area contributed by atoms with Gasteiger partial charge in [-0.05, 0) is 30.3 Å². The Morgan fingerprint density at radius 3 is 2.48 bits per heavy atom. The van der Waals surface area contributed by atoms with Crippen molar-refractivity contribution in [2.45, 2.75) is 12.6 Å². The van der Waals surface area contributed by atoms with Crippen molar-refractivity contribution in [2.24, 2.45) is 0 Å². The summed E-state index contributed by atoms with van der Waals surface area (Å²) in [4.78, 5) is 0. The molecule has 23 heavy (non-hydrogen) atoms. The third-order valence-corrected chi connectivity index (χ3v) is 3.07. The molecule has 3 nitrogen and oxygen atoms in total. The van der Waals surface area contributed by atoms with Gasteiger partial charge in [-0.1, -0.05) is 17.7 Å². The number of nitrogens with zero attached hydrogens (tertiary/aromatic N) is 1. The van der Waals surface area contributed by atoms with Gasteiger partial charge in [-0.25, -0.2) is 0 Å². The van der Waals surface area contributed by atoms with Crippen LogP contribution in [0.4, 0.5) is 13.2 Å². The number of nitriles is 1. The highest BCUT2D eigenvalue weighted by atomic mass is 35.5. The summed E-state index contributed by atoms with van der Waals surface area (Å²) in [5.41, 5.74) is -0.844. The predicted octanol–water partition coefficient (Wildman–Crippen LogP) is 5.44. The largest absolute Gasteiger partial charge is 0.492 e. The lowest BCUT2D eigenvalue weighted by atomic mass is 10.2. The minimum absolute atomic E-state index is 0.105. The maximum atomic E-state index is 12.6. The molecule has 7 heteroatoms. The molecule has 0 atom stereocenters. The number of hydrogen-bond acceptors (Lipinski definition) is 3. The fraction of sp³-hybridized carbons (Fsp3) is 0.188. The molecule has 2 aromatic carbocycles. The molecule has 0 saturated carbocycles. The second-order valence-corrected chi connectivity index (χ2v) is 4.88. The van der Waals surface area contributed by atoms with E-state index in [9.17, 15) is 13.2 Å². The van der Waals surface area contributed by atoms with Gasteiger partial charge in [0.25, 0.3) is 0 Å². The third-order valence-electron chi connectivity index (χ3n) is 2.78. The highest BCUT2D eigenvalue weighted by molar-refractivity contribution is 6.32. The molecular weight excluding hydrogens is 331 g/mol. The first-order chi connectivity index (χ1) is 10.9. The lowest BCUT2D eigenvalue weighted by Crippen LogP contribution is -2.04. The van der Waals surface area contributed by atoms with Crippen LogP contribution in [0.5, 0.6) is 17.2 Å². The molecule has 0 fully saturated rings. The van der Waals surface area contributed by atoms with Crippen molar-refractivity contribution >= 4 is 11.6 Å². The minimum atomic E-state index is -4.46. The summed E-state index contributed by atoms with van der Waals surface area (Å²) in [5.74, 6) is 0.954. The zero-order valence-electron chi connectivity index (χ0n) is 11.7. The molecule has 0 unspecified atom stereocenters. The number of hydrogen-bond donors (Lipinski definition) is 0. The first-order valence-electron chi connectivity index (χ1n) is 6.54. The van der Waals surface area contributed by atoms with Gasteiger partial charge in [0, 0.05) is 6.07 Å². The molecule has 2 aromatic rings. The molecule has 0 aromatic heterocycles. The fourth-order valence-corrected chi connectivity index (χ4v) is 1.95. The van der Waals surface area contributed by atoms with Crippen molar-refractivity contribution in [3.63, 3.8) is 0 Å². The fourth-order valence-electron chi connectivity index (χ4n) is 1.73. The Labute approximate surface area is 135 Å². The zero-order chi connectivity index (χ0) is 16.9. The summed E-state index contributed by atoms with van der Waals surface area (Å²) in [5, 5.41) is 8.31. The van der Waals surface area contributed by atoms with Gasteiger partial charge in [0.15, 0.2) is 0 Å². The third kappa shape index (κ3) is 4.80. The van der Waals surface area contributed by atoms with Crippen LogP contribution in [-0.4, -0.2) is 6.61 Å². The van der Waals surface area contributed by atoms with E-state index in [4.69, 9.17) is 26.3 Å². The molecule has 0 aliphatic rings. The normalized spacial score (nSPS) is 10.9. The molecule has 0 radical (unpaired) electrons. The number of halogens is 4. The van der Waals surface area contributed by atoms with Gasteiger partial charge in [-0.3, -0.25) is 0 Å². The van der Waals surface area contributed by atoms with Gasteiger partial charge in [-0.15, -0.1) is 0 Å². The molecule has 2 rings (SSSR count). The summed E-state index contributed by atoms with van der Waals surface area (Å²) in [6, 6.07) is 11.3. The van der Waals surface area contributed by atoms with Crippen LogP contribution in [0.2, 0.25) is 5.02 Å². The maximum absolute atomic E-state index is 12.6. The molecule has 0 N–H and O–H groups in total. The van der Waals surface area contributed by atoms with E-state index in [0.29, 0.717) is 11.5 Å². The first-order valence-corrected chi connectivity index (χ1v) is 6.92. The number of alkyl halides is 3. The average Bonchev–Trinajstić information content (AvgIpc) is 2.49. The van der Waals surface area contributed by atoms with Crippen molar-refractivity contribution in [3.05, 3.63) is 53.1 Å². The van der Waals surface area contributed by atoms with Crippen molar-refractivity contribution in [3.8, 4) is 23.3 Å². The van der Waals surface area contributed by atoms with Crippen molar-refractivity contribution in [1.29, 1.82) is 5.26 Å². The van der Waals surface area contributed by atoms with E-state index in [1.54, 1.807) is 24.3 Å². The Hall–Kier alpha value is -2.39. The first kappa shape index (κ1) is 17.0. The van der Waals surface area contributed by atoms with E-state index < -0.39 is 11.7 Å². The highest BCUT2D eigenvalue weighted by Gasteiger charge is 2.31. The van der Waals surface area contributed by atoms with E-state index in [1.165, 1.54) is 0 Å². The summed E-state index contributed by atoms with van der Waals surface area (Å²) in [6.45, 7) is 0.237. The van der Waals surface area contributed by atoms with Crippen molar-refractivity contribution in [1.82, 2.24) is 0 Å². The summed E-state index contributed by atoms with van der Waals surface area (Å²) < 4.78 is 48.6. The zero-order valence-corrected chi connectivity index (χ0v) is 12.5. The Bertz CT molecular complexity index is 726. The van der Waals surface area contributed by atoms with Crippen LogP contribution in [0.15, 0.2) is 42.5 Å². The molecule has 0 amide bonds. The predicted molar refractivity (Wildman–Crippen MR) is 78.7 cm³/mol. The Kier molecular flexibility index (Phi) is 5.35. The molecule has 0 bridgehead atoms. The van der Waals surface area contributed by atoms with Crippen molar-refractivity contribution in [2.75, 3.05) is 6.61 Å². The number of ether oxygens (including phenoxy) is 2. The Balaban J connectivity index is 2.13. The highest BCUT2D eigenvalue weighted by Crippen LogP contribution is 2.36. The molecule has 120 valence electrons. The van der Waals surface area contributed by atoms with Gasteiger partial charge < -0.3 is 9.47 Å².